The van der Waals surface area contributed by atoms with E-state index < -0.39 is 36.6 Å². The highest BCUT2D eigenvalue weighted by molar-refractivity contribution is 5.79. The number of rotatable bonds is 7. The van der Waals surface area contributed by atoms with Crippen LogP contribution in [0.4, 0.5) is 13.2 Å². The number of pyridine rings is 1. The lowest BCUT2D eigenvalue weighted by Crippen LogP contribution is -2.56. The summed E-state index contributed by atoms with van der Waals surface area (Å²) in [5.41, 5.74) is 1.92. The Balaban J connectivity index is 1.72. The van der Waals surface area contributed by atoms with Crippen molar-refractivity contribution in [2.75, 3.05) is 19.8 Å². The highest BCUT2D eigenvalue weighted by Gasteiger charge is 2.40. The van der Waals surface area contributed by atoms with Gasteiger partial charge in [0.05, 0.1) is 17.8 Å². The van der Waals surface area contributed by atoms with Crippen molar-refractivity contribution in [3.8, 4) is 17.2 Å². The van der Waals surface area contributed by atoms with Crippen molar-refractivity contribution < 1.29 is 23.1 Å². The fourth-order valence-electron chi connectivity index (χ4n) is 3.09. The first-order valence-corrected chi connectivity index (χ1v) is 8.91. The Morgan fingerprint density at radius 1 is 1.24 bits per heavy atom. The fourth-order valence-corrected chi connectivity index (χ4v) is 3.09. The molecule has 6 nitrogen and oxygen atoms in total. The fraction of sp³-hybridized carbons (Fsp3) is 0.350. The number of aliphatic hydroxyl groups is 1. The number of amides is 1. The molecular formula is C20H19F3N4O2. The molecule has 1 aliphatic heterocycles. The first-order chi connectivity index (χ1) is 13.9. The van der Waals surface area contributed by atoms with Crippen LogP contribution in [-0.2, 0) is 10.2 Å². The lowest BCUT2D eigenvalue weighted by atomic mass is 9.79. The number of halogens is 3. The third-order valence-corrected chi connectivity index (χ3v) is 4.98. The van der Waals surface area contributed by atoms with Crippen LogP contribution in [0.25, 0.3) is 11.1 Å². The van der Waals surface area contributed by atoms with Gasteiger partial charge in [0, 0.05) is 24.8 Å². The highest BCUT2D eigenvalue weighted by atomic mass is 19.3. The molecule has 29 heavy (non-hydrogen) atoms. The number of hydrogen-bond donors (Lipinski definition) is 3. The molecule has 3 N–H and O–H groups in total. The molecule has 1 saturated heterocycles. The van der Waals surface area contributed by atoms with E-state index in [0.717, 1.165) is 11.1 Å². The number of alkyl halides is 3. The maximum absolute atomic E-state index is 13.1. The number of aliphatic hydroxyl groups excluding tert-OH is 1. The zero-order valence-corrected chi connectivity index (χ0v) is 15.3. The molecule has 0 spiro atoms. The molecule has 0 radical (unpaired) electrons. The minimum absolute atomic E-state index is 0.277. The normalized spacial score (nSPS) is 17.1. The van der Waals surface area contributed by atoms with Gasteiger partial charge in [-0.05, 0) is 17.2 Å². The standard InChI is InChI=1S/C20H19F3N4O2/c21-7-15(27-19(29)18(22)23)17(28)13-3-1-12(2-4-13)14-5-6-16(26-8-14)20(9-24)10-25-11-20/h1-6,8,15,17-18,25,28H,7,10-11H2,(H,27,29)/t15-,17-/m1/s1. The van der Waals surface area contributed by atoms with Gasteiger partial charge >= 0.3 is 6.43 Å². The van der Waals surface area contributed by atoms with E-state index in [-0.39, 0.29) is 5.56 Å². The van der Waals surface area contributed by atoms with E-state index in [1.807, 2.05) is 6.07 Å². The zero-order valence-electron chi connectivity index (χ0n) is 15.3. The Bertz CT molecular complexity index is 893. The van der Waals surface area contributed by atoms with E-state index in [9.17, 15) is 28.3 Å². The second kappa shape index (κ2) is 8.59. The van der Waals surface area contributed by atoms with Crippen LogP contribution in [0.15, 0.2) is 42.6 Å². The number of benzene rings is 1. The van der Waals surface area contributed by atoms with Crippen LogP contribution in [0, 0.1) is 11.3 Å². The van der Waals surface area contributed by atoms with Crippen molar-refractivity contribution in [2.45, 2.75) is 24.0 Å². The van der Waals surface area contributed by atoms with Gasteiger partial charge in [-0.2, -0.15) is 14.0 Å². The molecular weight excluding hydrogens is 385 g/mol. The molecule has 2 aromatic rings. The molecule has 0 aliphatic carbocycles. The quantitative estimate of drug-likeness (QED) is 0.655. The van der Waals surface area contributed by atoms with Crippen molar-refractivity contribution in [2.24, 2.45) is 0 Å². The van der Waals surface area contributed by atoms with Crippen molar-refractivity contribution in [1.82, 2.24) is 15.6 Å². The summed E-state index contributed by atoms with van der Waals surface area (Å²) in [6.45, 7) is -0.0806. The molecule has 1 aromatic heterocycles. The summed E-state index contributed by atoms with van der Waals surface area (Å²) in [6.07, 6.45) is -3.12. The van der Waals surface area contributed by atoms with Gasteiger partial charge in [-0.25, -0.2) is 4.39 Å². The van der Waals surface area contributed by atoms with Crippen LogP contribution in [-0.4, -0.2) is 48.2 Å². The van der Waals surface area contributed by atoms with Gasteiger partial charge in [0.15, 0.2) is 0 Å². The predicted molar refractivity (Wildman–Crippen MR) is 98.7 cm³/mol. The number of nitrogens with zero attached hydrogens (tertiary/aromatic N) is 2. The molecule has 9 heteroatoms. The summed E-state index contributed by atoms with van der Waals surface area (Å²) in [6, 6.07) is 10.8. The van der Waals surface area contributed by atoms with E-state index in [0.29, 0.717) is 18.8 Å². The topological polar surface area (TPSA) is 98.0 Å². The maximum Gasteiger partial charge on any atom is 0.315 e. The largest absolute Gasteiger partial charge is 0.386 e. The molecule has 1 amide bonds. The summed E-state index contributed by atoms with van der Waals surface area (Å²) in [7, 11) is 0. The molecule has 1 aliphatic rings. The predicted octanol–water partition coefficient (Wildman–Crippen LogP) is 1.87. The second-order valence-corrected chi connectivity index (χ2v) is 6.87. The van der Waals surface area contributed by atoms with Gasteiger partial charge in [0.25, 0.3) is 5.91 Å². The van der Waals surface area contributed by atoms with Gasteiger partial charge in [-0.1, -0.05) is 30.3 Å². The van der Waals surface area contributed by atoms with Crippen molar-refractivity contribution in [1.29, 1.82) is 5.26 Å². The molecule has 2 heterocycles. The number of carbonyl (C=O) groups is 1. The van der Waals surface area contributed by atoms with Gasteiger partial charge in [-0.3, -0.25) is 9.78 Å². The lowest BCUT2D eigenvalue weighted by molar-refractivity contribution is -0.133. The van der Waals surface area contributed by atoms with Crippen LogP contribution in [0.5, 0.6) is 0 Å². The minimum Gasteiger partial charge on any atom is -0.386 e. The Morgan fingerprint density at radius 2 is 1.90 bits per heavy atom. The van der Waals surface area contributed by atoms with Gasteiger partial charge in [0.2, 0.25) is 0 Å². The number of hydrogen-bond acceptors (Lipinski definition) is 5. The van der Waals surface area contributed by atoms with Gasteiger partial charge in [0.1, 0.15) is 18.2 Å². The Kier molecular flexibility index (Phi) is 6.15. The maximum atomic E-state index is 13.1. The average molecular weight is 404 g/mol. The zero-order chi connectivity index (χ0) is 21.0. The van der Waals surface area contributed by atoms with E-state index >= 15 is 0 Å². The summed E-state index contributed by atoms with van der Waals surface area (Å²) >= 11 is 0. The molecule has 1 fully saturated rings. The number of nitrogens with one attached hydrogen (secondary N) is 2. The third kappa shape index (κ3) is 4.23. The smallest absolute Gasteiger partial charge is 0.315 e. The molecule has 3 rings (SSSR count). The summed E-state index contributed by atoms with van der Waals surface area (Å²) in [5.74, 6) is -1.63. The van der Waals surface area contributed by atoms with Crippen LogP contribution >= 0.6 is 0 Å². The van der Waals surface area contributed by atoms with Crippen molar-refractivity contribution in [3.63, 3.8) is 0 Å². The number of carbonyl (C=O) groups excluding carboxylic acids is 1. The molecule has 0 bridgehead atoms. The highest BCUT2D eigenvalue weighted by Crippen LogP contribution is 2.28. The molecule has 152 valence electrons. The van der Waals surface area contributed by atoms with E-state index in [2.05, 4.69) is 16.4 Å². The Morgan fingerprint density at radius 3 is 2.34 bits per heavy atom. The minimum atomic E-state index is -3.29. The Hall–Kier alpha value is -2.96. The molecule has 0 unspecified atom stereocenters. The van der Waals surface area contributed by atoms with Gasteiger partial charge in [-0.15, -0.1) is 0 Å². The Labute approximate surface area is 165 Å². The van der Waals surface area contributed by atoms with Crippen LogP contribution in [0.3, 0.4) is 0 Å². The van der Waals surface area contributed by atoms with E-state index in [1.54, 1.807) is 29.7 Å². The second-order valence-electron chi connectivity index (χ2n) is 6.87. The average Bonchev–Trinajstić information content (AvgIpc) is 2.71. The van der Waals surface area contributed by atoms with E-state index in [1.165, 1.54) is 12.1 Å². The first-order valence-electron chi connectivity index (χ1n) is 8.91. The monoisotopic (exact) mass is 404 g/mol. The first kappa shape index (κ1) is 20.8. The summed E-state index contributed by atoms with van der Waals surface area (Å²) in [5, 5.41) is 24.4. The van der Waals surface area contributed by atoms with Gasteiger partial charge < -0.3 is 15.7 Å². The molecule has 1 aromatic carbocycles. The molecule has 0 saturated carbocycles. The SMILES string of the molecule is N#CC1(c2ccc(-c3ccc([C@@H](O)[C@@H](CF)NC(=O)C(F)F)cc3)cn2)CNC1. The molecule has 2 atom stereocenters. The van der Waals surface area contributed by atoms with Crippen LogP contribution < -0.4 is 10.6 Å². The van der Waals surface area contributed by atoms with E-state index in [4.69, 9.17) is 0 Å². The summed E-state index contributed by atoms with van der Waals surface area (Å²) in [4.78, 5) is 15.5. The lowest BCUT2D eigenvalue weighted by Gasteiger charge is -2.35. The van der Waals surface area contributed by atoms with Crippen molar-refractivity contribution >= 4 is 5.91 Å². The number of nitriles is 1. The van der Waals surface area contributed by atoms with Crippen LogP contribution in [0.2, 0.25) is 0 Å². The number of aromatic nitrogens is 1. The third-order valence-electron chi connectivity index (χ3n) is 4.98. The van der Waals surface area contributed by atoms with Crippen molar-refractivity contribution in [3.05, 3.63) is 53.9 Å². The summed E-state index contributed by atoms with van der Waals surface area (Å²) < 4.78 is 37.8. The van der Waals surface area contributed by atoms with Crippen LogP contribution in [0.1, 0.15) is 17.4 Å².